The summed E-state index contributed by atoms with van der Waals surface area (Å²) in [5.41, 5.74) is 0.357. The van der Waals surface area contributed by atoms with Crippen molar-refractivity contribution in [1.29, 1.82) is 5.26 Å². The fraction of sp³-hybridized carbons (Fsp3) is 0.312. The Balaban J connectivity index is 2.44. The van der Waals surface area contributed by atoms with Crippen LogP contribution in [-0.2, 0) is 9.59 Å². The quantitative estimate of drug-likeness (QED) is 0.350. The van der Waals surface area contributed by atoms with Crippen LogP contribution in [0.3, 0.4) is 0 Å². The van der Waals surface area contributed by atoms with Crippen LogP contribution in [0.2, 0.25) is 10.0 Å². The largest absolute Gasteiger partial charge is 0.481 e. The Labute approximate surface area is 150 Å². The van der Waals surface area contributed by atoms with E-state index in [1.807, 2.05) is 6.07 Å². The molecule has 1 amide bonds. The predicted molar refractivity (Wildman–Crippen MR) is 92.9 cm³/mol. The van der Waals surface area contributed by atoms with Gasteiger partial charge < -0.3 is 15.7 Å². The molecule has 128 valence electrons. The molecule has 0 bridgehead atoms. The Bertz CT molecular complexity index is 669. The summed E-state index contributed by atoms with van der Waals surface area (Å²) in [4.78, 5) is 22.4. The number of anilines is 1. The van der Waals surface area contributed by atoms with E-state index in [1.165, 1.54) is 12.3 Å². The number of rotatable bonds is 9. The molecule has 1 aromatic rings. The van der Waals surface area contributed by atoms with Crippen molar-refractivity contribution in [2.45, 2.75) is 25.7 Å². The second kappa shape index (κ2) is 10.5. The molecule has 24 heavy (non-hydrogen) atoms. The third-order valence-corrected chi connectivity index (χ3v) is 3.74. The molecule has 0 aliphatic rings. The number of halogens is 2. The van der Waals surface area contributed by atoms with Crippen molar-refractivity contribution >= 4 is 40.8 Å². The van der Waals surface area contributed by atoms with E-state index >= 15 is 0 Å². The first-order valence-corrected chi connectivity index (χ1v) is 8.01. The van der Waals surface area contributed by atoms with Crippen LogP contribution in [0.15, 0.2) is 30.0 Å². The van der Waals surface area contributed by atoms with Gasteiger partial charge in [-0.1, -0.05) is 29.6 Å². The normalized spacial score (nSPS) is 10.8. The molecule has 1 aromatic carbocycles. The molecular formula is C16H17Cl2N3O3. The molecule has 0 heterocycles. The fourth-order valence-corrected chi connectivity index (χ4v) is 2.07. The average Bonchev–Trinajstić information content (AvgIpc) is 2.53. The molecular weight excluding hydrogens is 353 g/mol. The van der Waals surface area contributed by atoms with Gasteiger partial charge in [-0.25, -0.2) is 0 Å². The zero-order chi connectivity index (χ0) is 17.9. The zero-order valence-corrected chi connectivity index (χ0v) is 14.3. The monoisotopic (exact) mass is 369 g/mol. The number of aliphatic carboxylic acids is 1. The Hall–Kier alpha value is -2.23. The molecule has 0 saturated heterocycles. The predicted octanol–water partition coefficient (Wildman–Crippen LogP) is 3.57. The second-order valence-electron chi connectivity index (χ2n) is 4.91. The van der Waals surface area contributed by atoms with E-state index in [-0.39, 0.29) is 12.0 Å². The number of benzene rings is 1. The van der Waals surface area contributed by atoms with Crippen LogP contribution in [0.1, 0.15) is 25.7 Å². The number of carboxylic acid groups (broad SMARTS) is 1. The van der Waals surface area contributed by atoms with E-state index in [9.17, 15) is 9.59 Å². The van der Waals surface area contributed by atoms with Crippen LogP contribution in [0, 0.1) is 11.3 Å². The first-order chi connectivity index (χ1) is 11.4. The molecule has 8 heteroatoms. The topological polar surface area (TPSA) is 102 Å². The minimum Gasteiger partial charge on any atom is -0.481 e. The van der Waals surface area contributed by atoms with Gasteiger partial charge in [-0.05, 0) is 31.0 Å². The molecule has 0 unspecified atom stereocenters. The summed E-state index contributed by atoms with van der Waals surface area (Å²) in [6, 6.07) is 6.43. The van der Waals surface area contributed by atoms with E-state index in [0.717, 1.165) is 12.8 Å². The number of carbonyl (C=O) groups is 2. The maximum absolute atomic E-state index is 12.0. The fourth-order valence-electron chi connectivity index (χ4n) is 1.78. The molecule has 6 nitrogen and oxygen atoms in total. The summed E-state index contributed by atoms with van der Waals surface area (Å²) in [5, 5.41) is 23.7. The summed E-state index contributed by atoms with van der Waals surface area (Å²) in [5.74, 6) is -1.37. The number of carbonyl (C=O) groups excluding carboxylic acids is 1. The van der Waals surface area contributed by atoms with Crippen molar-refractivity contribution in [3.8, 4) is 6.07 Å². The number of nitriles is 1. The summed E-state index contributed by atoms with van der Waals surface area (Å²) >= 11 is 11.7. The van der Waals surface area contributed by atoms with Crippen LogP contribution in [-0.4, -0.2) is 23.5 Å². The molecule has 0 aliphatic heterocycles. The highest BCUT2D eigenvalue weighted by molar-refractivity contribution is 6.42. The van der Waals surface area contributed by atoms with Crippen LogP contribution in [0.25, 0.3) is 0 Å². The molecule has 0 radical (unpaired) electrons. The van der Waals surface area contributed by atoms with Crippen molar-refractivity contribution in [2.24, 2.45) is 0 Å². The highest BCUT2D eigenvalue weighted by atomic mass is 35.5. The molecule has 0 aliphatic carbocycles. The first-order valence-electron chi connectivity index (χ1n) is 7.26. The Kier molecular flexibility index (Phi) is 8.69. The van der Waals surface area contributed by atoms with Gasteiger partial charge in [0.25, 0.3) is 5.91 Å². The first kappa shape index (κ1) is 19.8. The highest BCUT2D eigenvalue weighted by Crippen LogP contribution is 2.25. The van der Waals surface area contributed by atoms with Crippen molar-refractivity contribution < 1.29 is 14.7 Å². The number of amides is 1. The Morgan fingerprint density at radius 3 is 2.58 bits per heavy atom. The van der Waals surface area contributed by atoms with Gasteiger partial charge in [0.1, 0.15) is 11.6 Å². The lowest BCUT2D eigenvalue weighted by molar-refractivity contribution is -0.137. The average molecular weight is 370 g/mol. The van der Waals surface area contributed by atoms with E-state index < -0.39 is 11.9 Å². The van der Waals surface area contributed by atoms with Crippen molar-refractivity contribution in [1.82, 2.24) is 5.32 Å². The van der Waals surface area contributed by atoms with Crippen molar-refractivity contribution in [2.75, 3.05) is 11.9 Å². The van der Waals surface area contributed by atoms with Crippen LogP contribution < -0.4 is 10.6 Å². The Morgan fingerprint density at radius 1 is 1.21 bits per heavy atom. The van der Waals surface area contributed by atoms with Crippen LogP contribution in [0.5, 0.6) is 0 Å². The summed E-state index contributed by atoms with van der Waals surface area (Å²) in [6.07, 6.45) is 3.58. The maximum Gasteiger partial charge on any atom is 0.303 e. The van der Waals surface area contributed by atoms with Gasteiger partial charge in [0.15, 0.2) is 0 Å². The van der Waals surface area contributed by atoms with Gasteiger partial charge in [0, 0.05) is 24.9 Å². The standard InChI is InChI=1S/C16H17Cl2N3O3/c17-13-6-5-12(8-14(13)18)21-16(24)11(9-19)10-20-7-3-1-2-4-15(22)23/h5-6,8,10,20H,1-4,7H2,(H,21,24)(H,22,23)/b11-10-. The highest BCUT2D eigenvalue weighted by Gasteiger charge is 2.10. The second-order valence-corrected chi connectivity index (χ2v) is 5.73. The molecule has 0 saturated carbocycles. The molecule has 3 N–H and O–H groups in total. The minimum absolute atomic E-state index is 0.0772. The van der Waals surface area contributed by atoms with Gasteiger partial charge >= 0.3 is 5.97 Å². The lowest BCUT2D eigenvalue weighted by Gasteiger charge is -2.06. The number of nitrogens with one attached hydrogen (secondary N) is 2. The molecule has 1 rings (SSSR count). The molecule has 0 spiro atoms. The smallest absolute Gasteiger partial charge is 0.303 e. The summed E-state index contributed by atoms with van der Waals surface area (Å²) in [6.45, 7) is 0.546. The zero-order valence-electron chi connectivity index (χ0n) is 12.8. The third kappa shape index (κ3) is 7.36. The van der Waals surface area contributed by atoms with Gasteiger partial charge in [-0.15, -0.1) is 0 Å². The van der Waals surface area contributed by atoms with Crippen LogP contribution >= 0.6 is 23.2 Å². The minimum atomic E-state index is -0.811. The molecule has 0 atom stereocenters. The SMILES string of the molecule is N#C/C(=C/NCCCCCC(=O)O)C(=O)Nc1ccc(Cl)c(Cl)c1. The van der Waals surface area contributed by atoms with Crippen LogP contribution in [0.4, 0.5) is 5.69 Å². The van der Waals surface area contributed by atoms with Crippen molar-refractivity contribution in [3.05, 3.63) is 40.0 Å². The lowest BCUT2D eigenvalue weighted by Crippen LogP contribution is -2.17. The van der Waals surface area contributed by atoms with E-state index in [1.54, 1.807) is 12.1 Å². The number of nitrogens with zero attached hydrogens (tertiary/aromatic N) is 1. The van der Waals surface area contributed by atoms with E-state index in [4.69, 9.17) is 33.6 Å². The van der Waals surface area contributed by atoms with E-state index in [0.29, 0.717) is 28.7 Å². The van der Waals surface area contributed by atoms with Gasteiger partial charge in [0.05, 0.1) is 10.0 Å². The van der Waals surface area contributed by atoms with Gasteiger partial charge in [-0.2, -0.15) is 5.26 Å². The number of carboxylic acids is 1. The van der Waals surface area contributed by atoms with Gasteiger partial charge in [-0.3, -0.25) is 9.59 Å². The number of hydrogen-bond acceptors (Lipinski definition) is 4. The summed E-state index contributed by atoms with van der Waals surface area (Å²) in [7, 11) is 0. The lowest BCUT2D eigenvalue weighted by atomic mass is 10.2. The number of unbranched alkanes of at least 4 members (excludes halogenated alkanes) is 2. The Morgan fingerprint density at radius 2 is 1.96 bits per heavy atom. The van der Waals surface area contributed by atoms with E-state index in [2.05, 4.69) is 10.6 Å². The van der Waals surface area contributed by atoms with Crippen molar-refractivity contribution in [3.63, 3.8) is 0 Å². The third-order valence-electron chi connectivity index (χ3n) is 3.00. The number of hydrogen-bond donors (Lipinski definition) is 3. The van der Waals surface area contributed by atoms with Gasteiger partial charge in [0.2, 0.25) is 0 Å². The summed E-state index contributed by atoms with van der Waals surface area (Å²) < 4.78 is 0. The molecule has 0 fully saturated rings. The maximum atomic E-state index is 12.0. The molecule has 0 aromatic heterocycles.